The Morgan fingerprint density at radius 3 is 2.96 bits per heavy atom. The highest BCUT2D eigenvalue weighted by molar-refractivity contribution is 5.73. The van der Waals surface area contributed by atoms with Gasteiger partial charge in [-0.25, -0.2) is 19.6 Å². The zero-order chi connectivity index (χ0) is 18.4. The largest absolute Gasteiger partial charge is 0.491 e. The molecule has 3 aromatic heterocycles. The number of fused-ring (bicyclic) bond motifs is 3. The average molecular weight is 361 g/mol. The normalized spacial score (nSPS) is 13.1. The third-order valence-corrected chi connectivity index (χ3v) is 4.69. The smallest absolute Gasteiger partial charge is 0.178 e. The lowest BCUT2D eigenvalue weighted by Crippen LogP contribution is -2.06. The van der Waals surface area contributed by atoms with Crippen molar-refractivity contribution in [3.63, 3.8) is 0 Å². The van der Waals surface area contributed by atoms with Gasteiger partial charge in [-0.15, -0.1) is 0 Å². The van der Waals surface area contributed by atoms with Crippen LogP contribution < -0.4 is 4.74 Å². The highest BCUT2D eigenvalue weighted by atomic mass is 16.5. The Hall–Kier alpha value is -3.42. The Labute approximate surface area is 155 Å². The lowest BCUT2D eigenvalue weighted by atomic mass is 10.1. The Morgan fingerprint density at radius 2 is 2.15 bits per heavy atom. The van der Waals surface area contributed by atoms with Crippen molar-refractivity contribution in [1.29, 1.82) is 0 Å². The van der Waals surface area contributed by atoms with Gasteiger partial charge in [0.1, 0.15) is 30.2 Å². The van der Waals surface area contributed by atoms with Crippen LogP contribution in [0.5, 0.6) is 5.75 Å². The highest BCUT2D eigenvalue weighted by Crippen LogP contribution is 2.36. The summed E-state index contributed by atoms with van der Waals surface area (Å²) in [6.07, 6.45) is 7.08. The van der Waals surface area contributed by atoms with Gasteiger partial charge >= 0.3 is 0 Å². The first-order valence-electron chi connectivity index (χ1n) is 8.94. The van der Waals surface area contributed by atoms with Crippen molar-refractivity contribution in [2.24, 2.45) is 0 Å². The van der Waals surface area contributed by atoms with E-state index in [4.69, 9.17) is 9.72 Å². The zero-order valence-corrected chi connectivity index (χ0v) is 15.1. The van der Waals surface area contributed by atoms with Crippen LogP contribution in [0.25, 0.3) is 34.2 Å². The SMILES string of the molecule is CC(C)n1ncnc1-c1cn2c(n1)-c1ccc(-c3cnc[nH]3)cc1OCC2. The number of H-pyrrole nitrogens is 1. The molecule has 8 nitrogen and oxygen atoms in total. The number of rotatable bonds is 3. The van der Waals surface area contributed by atoms with E-state index < -0.39 is 0 Å². The molecule has 0 atom stereocenters. The monoisotopic (exact) mass is 361 g/mol. The molecular formula is C19H19N7O. The number of nitrogens with zero attached hydrogens (tertiary/aromatic N) is 6. The van der Waals surface area contributed by atoms with Gasteiger partial charge in [0.25, 0.3) is 0 Å². The van der Waals surface area contributed by atoms with Gasteiger partial charge in [0.2, 0.25) is 0 Å². The number of benzene rings is 1. The van der Waals surface area contributed by atoms with Crippen molar-refractivity contribution < 1.29 is 4.74 Å². The van der Waals surface area contributed by atoms with E-state index in [1.54, 1.807) is 18.9 Å². The summed E-state index contributed by atoms with van der Waals surface area (Å²) in [5, 5.41) is 4.32. The van der Waals surface area contributed by atoms with Crippen LogP contribution in [-0.2, 0) is 6.54 Å². The third-order valence-electron chi connectivity index (χ3n) is 4.69. The molecule has 0 bridgehead atoms. The van der Waals surface area contributed by atoms with Gasteiger partial charge in [-0.05, 0) is 26.0 Å². The molecule has 5 rings (SSSR count). The second kappa shape index (κ2) is 6.08. The number of imidazole rings is 2. The van der Waals surface area contributed by atoms with Crippen molar-refractivity contribution in [1.82, 2.24) is 34.3 Å². The molecule has 1 aliphatic heterocycles. The summed E-state index contributed by atoms with van der Waals surface area (Å²) in [5.74, 6) is 2.48. The minimum absolute atomic E-state index is 0.219. The Morgan fingerprint density at radius 1 is 1.22 bits per heavy atom. The highest BCUT2D eigenvalue weighted by Gasteiger charge is 2.22. The van der Waals surface area contributed by atoms with Crippen LogP contribution in [0.2, 0.25) is 0 Å². The Bertz CT molecular complexity index is 1090. The molecule has 27 heavy (non-hydrogen) atoms. The first-order valence-corrected chi connectivity index (χ1v) is 8.94. The summed E-state index contributed by atoms with van der Waals surface area (Å²) in [4.78, 5) is 16.5. The molecule has 0 radical (unpaired) electrons. The van der Waals surface area contributed by atoms with E-state index in [9.17, 15) is 0 Å². The number of hydrogen-bond donors (Lipinski definition) is 1. The molecule has 1 aromatic carbocycles. The minimum atomic E-state index is 0.219. The van der Waals surface area contributed by atoms with Gasteiger partial charge in [-0.3, -0.25) is 0 Å². The van der Waals surface area contributed by atoms with Crippen molar-refractivity contribution in [3.05, 3.63) is 43.2 Å². The molecule has 4 heterocycles. The quantitative estimate of drug-likeness (QED) is 0.606. The van der Waals surface area contributed by atoms with E-state index in [0.29, 0.717) is 6.61 Å². The molecule has 1 aliphatic rings. The fraction of sp³-hybridized carbons (Fsp3) is 0.263. The lowest BCUT2D eigenvalue weighted by Gasteiger charge is -2.09. The van der Waals surface area contributed by atoms with Crippen molar-refractivity contribution >= 4 is 0 Å². The molecule has 0 spiro atoms. The summed E-state index contributed by atoms with van der Waals surface area (Å²) in [6.45, 7) is 5.48. The van der Waals surface area contributed by atoms with E-state index in [1.807, 2.05) is 23.0 Å². The second-order valence-electron chi connectivity index (χ2n) is 6.79. The fourth-order valence-corrected chi connectivity index (χ4v) is 3.38. The summed E-state index contributed by atoms with van der Waals surface area (Å²) in [6, 6.07) is 6.35. The van der Waals surface area contributed by atoms with Crippen molar-refractivity contribution in [2.75, 3.05) is 6.61 Å². The van der Waals surface area contributed by atoms with Crippen molar-refractivity contribution in [2.45, 2.75) is 26.4 Å². The van der Waals surface area contributed by atoms with Gasteiger partial charge in [0, 0.05) is 17.8 Å². The summed E-state index contributed by atoms with van der Waals surface area (Å²) >= 11 is 0. The molecule has 0 saturated heterocycles. The molecule has 0 fully saturated rings. The molecular weight excluding hydrogens is 342 g/mol. The molecule has 0 aliphatic carbocycles. The summed E-state index contributed by atoms with van der Waals surface area (Å²) in [7, 11) is 0. The molecule has 8 heteroatoms. The molecule has 0 unspecified atom stereocenters. The predicted octanol–water partition coefficient (Wildman–Crippen LogP) is 3.17. The number of hydrogen-bond acceptors (Lipinski definition) is 5. The Kier molecular flexibility index (Phi) is 3.56. The number of ether oxygens (including phenoxy) is 1. The van der Waals surface area contributed by atoms with Gasteiger partial charge in [0.05, 0.1) is 30.3 Å². The van der Waals surface area contributed by atoms with E-state index in [1.165, 1.54) is 0 Å². The van der Waals surface area contributed by atoms with E-state index in [-0.39, 0.29) is 6.04 Å². The number of aromatic amines is 1. The molecule has 4 aromatic rings. The molecule has 1 N–H and O–H groups in total. The van der Waals surface area contributed by atoms with Gasteiger partial charge in [-0.1, -0.05) is 6.07 Å². The molecule has 136 valence electrons. The lowest BCUT2D eigenvalue weighted by molar-refractivity contribution is 0.307. The maximum Gasteiger partial charge on any atom is 0.178 e. The predicted molar refractivity (Wildman–Crippen MR) is 100 cm³/mol. The molecule has 0 saturated carbocycles. The number of aromatic nitrogens is 7. The zero-order valence-electron chi connectivity index (χ0n) is 15.1. The van der Waals surface area contributed by atoms with Crippen molar-refractivity contribution in [3.8, 4) is 39.9 Å². The summed E-state index contributed by atoms with van der Waals surface area (Å²) in [5.41, 5.74) is 3.78. The van der Waals surface area contributed by atoms with Crippen LogP contribution in [0, 0.1) is 0 Å². The van der Waals surface area contributed by atoms with Crippen LogP contribution in [0.1, 0.15) is 19.9 Å². The van der Waals surface area contributed by atoms with E-state index in [2.05, 4.69) is 44.5 Å². The maximum absolute atomic E-state index is 5.99. The van der Waals surface area contributed by atoms with Crippen LogP contribution >= 0.6 is 0 Å². The average Bonchev–Trinajstić information content (AvgIpc) is 3.40. The van der Waals surface area contributed by atoms with E-state index >= 15 is 0 Å². The number of nitrogens with one attached hydrogen (secondary N) is 1. The minimum Gasteiger partial charge on any atom is -0.491 e. The standard InChI is InChI=1S/C19H19N7O/c1-12(2)26-19(22-11-23-26)16-9-25-5-6-27-17-7-13(15-8-20-10-21-15)3-4-14(17)18(25)24-16/h3-4,7-12H,5-6H2,1-2H3,(H,20,21). The maximum atomic E-state index is 5.99. The van der Waals surface area contributed by atoms with E-state index in [0.717, 1.165) is 46.5 Å². The van der Waals surface area contributed by atoms with Crippen LogP contribution in [0.3, 0.4) is 0 Å². The third kappa shape index (κ3) is 2.61. The summed E-state index contributed by atoms with van der Waals surface area (Å²) < 4.78 is 10.0. The fourth-order valence-electron chi connectivity index (χ4n) is 3.38. The first kappa shape index (κ1) is 15.8. The first-order chi connectivity index (χ1) is 13.2. The Balaban J connectivity index is 1.61. The second-order valence-corrected chi connectivity index (χ2v) is 6.79. The van der Waals surface area contributed by atoms with Crippen LogP contribution in [-0.4, -0.2) is 40.9 Å². The topological polar surface area (TPSA) is 86.4 Å². The molecule has 0 amide bonds. The van der Waals surface area contributed by atoms with Crippen LogP contribution in [0.4, 0.5) is 0 Å². The van der Waals surface area contributed by atoms with Gasteiger partial charge in [-0.2, -0.15) is 5.10 Å². The van der Waals surface area contributed by atoms with Gasteiger partial charge in [0.15, 0.2) is 5.82 Å². The van der Waals surface area contributed by atoms with Gasteiger partial charge < -0.3 is 14.3 Å². The van der Waals surface area contributed by atoms with Crippen LogP contribution in [0.15, 0.2) is 43.2 Å².